The zero-order chi connectivity index (χ0) is 16.2. The maximum atomic E-state index is 11.6. The number of amides is 1. The lowest BCUT2D eigenvalue weighted by Gasteiger charge is -2.35. The molecule has 0 aromatic rings. The summed E-state index contributed by atoms with van der Waals surface area (Å²) in [7, 11) is 0. The average Bonchev–Trinajstić information content (AvgIpc) is 2.30. The van der Waals surface area contributed by atoms with E-state index in [1.165, 1.54) is 13.8 Å². The third-order valence-corrected chi connectivity index (χ3v) is 3.47. The maximum absolute atomic E-state index is 11.6. The standard InChI is InChI=1S/C12H16Cl3NO5/c1-6(17)20-9-4-3-8(5-10(9)21-7(2)18)16-11(19)12(13,14)15/h8-10H,3-5H2,1-2H3,(H,16,19)/t8-,9+,10-/m0/s1. The summed E-state index contributed by atoms with van der Waals surface area (Å²) < 4.78 is 8.20. The molecular formula is C12H16Cl3NO5. The molecule has 21 heavy (non-hydrogen) atoms. The van der Waals surface area contributed by atoms with E-state index >= 15 is 0 Å². The van der Waals surface area contributed by atoms with Crippen LogP contribution in [0.3, 0.4) is 0 Å². The number of esters is 2. The normalized spacial score (nSPS) is 25.9. The molecule has 1 N–H and O–H groups in total. The van der Waals surface area contributed by atoms with Crippen LogP contribution < -0.4 is 5.32 Å². The molecule has 1 saturated carbocycles. The summed E-state index contributed by atoms with van der Waals surface area (Å²) in [6.07, 6.45) is 0.0577. The summed E-state index contributed by atoms with van der Waals surface area (Å²) in [5, 5.41) is 2.57. The van der Waals surface area contributed by atoms with E-state index in [9.17, 15) is 14.4 Å². The Morgan fingerprint density at radius 3 is 2.00 bits per heavy atom. The van der Waals surface area contributed by atoms with Crippen molar-refractivity contribution in [3.05, 3.63) is 0 Å². The third-order valence-electron chi connectivity index (χ3n) is 2.96. The zero-order valence-electron chi connectivity index (χ0n) is 11.5. The molecule has 0 saturated heterocycles. The smallest absolute Gasteiger partial charge is 0.303 e. The SMILES string of the molecule is CC(=O)O[C@H]1C[C@@H](NC(=O)C(Cl)(Cl)Cl)CC[C@H]1OC(C)=O. The first-order valence-corrected chi connectivity index (χ1v) is 7.45. The van der Waals surface area contributed by atoms with E-state index in [1.54, 1.807) is 0 Å². The van der Waals surface area contributed by atoms with Gasteiger partial charge in [0.1, 0.15) is 12.2 Å². The quantitative estimate of drug-likeness (QED) is 0.614. The minimum Gasteiger partial charge on any atom is -0.459 e. The molecule has 1 fully saturated rings. The van der Waals surface area contributed by atoms with Crippen LogP contribution in [0.15, 0.2) is 0 Å². The van der Waals surface area contributed by atoms with E-state index in [1.807, 2.05) is 0 Å². The van der Waals surface area contributed by atoms with Gasteiger partial charge in [-0.2, -0.15) is 0 Å². The van der Waals surface area contributed by atoms with Gasteiger partial charge in [-0.1, -0.05) is 34.8 Å². The van der Waals surface area contributed by atoms with Gasteiger partial charge in [-0.15, -0.1) is 0 Å². The molecular weight excluding hydrogens is 344 g/mol. The Labute approximate surface area is 137 Å². The monoisotopic (exact) mass is 359 g/mol. The molecule has 3 atom stereocenters. The highest BCUT2D eigenvalue weighted by atomic mass is 35.6. The van der Waals surface area contributed by atoms with Crippen molar-refractivity contribution in [3.63, 3.8) is 0 Å². The van der Waals surface area contributed by atoms with Gasteiger partial charge in [0, 0.05) is 26.3 Å². The fraction of sp³-hybridized carbons (Fsp3) is 0.750. The fourth-order valence-corrected chi connectivity index (χ4v) is 2.35. The van der Waals surface area contributed by atoms with Gasteiger partial charge in [-0.3, -0.25) is 14.4 Å². The maximum Gasteiger partial charge on any atom is 0.303 e. The van der Waals surface area contributed by atoms with Gasteiger partial charge >= 0.3 is 11.9 Å². The van der Waals surface area contributed by atoms with E-state index in [4.69, 9.17) is 44.3 Å². The van der Waals surface area contributed by atoms with Gasteiger partial charge in [-0.25, -0.2) is 0 Å². The summed E-state index contributed by atoms with van der Waals surface area (Å²) in [5.74, 6) is -1.70. The summed E-state index contributed by atoms with van der Waals surface area (Å²) in [6.45, 7) is 2.54. The van der Waals surface area contributed by atoms with Crippen LogP contribution in [0.1, 0.15) is 33.1 Å². The van der Waals surface area contributed by atoms with Crippen molar-refractivity contribution in [3.8, 4) is 0 Å². The molecule has 0 radical (unpaired) electrons. The molecule has 120 valence electrons. The van der Waals surface area contributed by atoms with Crippen molar-refractivity contribution in [2.45, 2.75) is 55.2 Å². The van der Waals surface area contributed by atoms with Gasteiger partial charge in [0.25, 0.3) is 9.70 Å². The number of nitrogens with one attached hydrogen (secondary N) is 1. The number of carbonyl (C=O) groups is 3. The predicted octanol–water partition coefficient (Wildman–Crippen LogP) is 1.89. The number of hydrogen-bond acceptors (Lipinski definition) is 5. The van der Waals surface area contributed by atoms with E-state index in [-0.39, 0.29) is 12.5 Å². The Hall–Kier alpha value is -0.720. The number of halogens is 3. The Kier molecular flexibility index (Phi) is 6.56. The highest BCUT2D eigenvalue weighted by Gasteiger charge is 2.38. The molecule has 1 aliphatic carbocycles. The molecule has 9 heteroatoms. The Bertz CT molecular complexity index is 424. The number of ether oxygens (including phenoxy) is 2. The molecule has 0 aromatic carbocycles. The van der Waals surface area contributed by atoms with Gasteiger partial charge in [0.15, 0.2) is 0 Å². The lowest BCUT2D eigenvalue weighted by molar-refractivity contribution is -0.169. The van der Waals surface area contributed by atoms with Crippen LogP contribution in [0.4, 0.5) is 0 Å². The van der Waals surface area contributed by atoms with Crippen molar-refractivity contribution in [2.24, 2.45) is 0 Å². The number of hydrogen-bond donors (Lipinski definition) is 1. The molecule has 0 heterocycles. The third kappa shape index (κ3) is 6.28. The summed E-state index contributed by atoms with van der Waals surface area (Å²) in [6, 6.07) is -0.329. The number of alkyl halides is 3. The van der Waals surface area contributed by atoms with Crippen molar-refractivity contribution < 1.29 is 23.9 Å². The van der Waals surface area contributed by atoms with E-state index in [0.29, 0.717) is 12.8 Å². The van der Waals surface area contributed by atoms with Crippen LogP contribution in [0.2, 0.25) is 0 Å². The largest absolute Gasteiger partial charge is 0.459 e. The minimum absolute atomic E-state index is 0.282. The lowest BCUT2D eigenvalue weighted by Crippen LogP contribution is -2.49. The second-order valence-electron chi connectivity index (χ2n) is 4.78. The zero-order valence-corrected chi connectivity index (χ0v) is 13.8. The summed E-state index contributed by atoms with van der Waals surface area (Å²) >= 11 is 16.5. The van der Waals surface area contributed by atoms with Crippen LogP contribution in [-0.4, -0.2) is 39.9 Å². The van der Waals surface area contributed by atoms with Crippen molar-refractivity contribution >= 4 is 52.6 Å². The van der Waals surface area contributed by atoms with Gasteiger partial charge < -0.3 is 14.8 Å². The van der Waals surface area contributed by atoms with Crippen molar-refractivity contribution in [1.29, 1.82) is 0 Å². The molecule has 6 nitrogen and oxygen atoms in total. The molecule has 0 spiro atoms. The Balaban J connectivity index is 2.67. The van der Waals surface area contributed by atoms with Gasteiger partial charge in [-0.05, 0) is 12.8 Å². The number of carbonyl (C=O) groups excluding carboxylic acids is 3. The van der Waals surface area contributed by atoms with Crippen LogP contribution >= 0.6 is 34.8 Å². The Morgan fingerprint density at radius 2 is 1.52 bits per heavy atom. The second-order valence-corrected chi connectivity index (χ2v) is 7.06. The topological polar surface area (TPSA) is 81.7 Å². The molecule has 1 rings (SSSR count). The summed E-state index contributed by atoms with van der Waals surface area (Å²) in [5.41, 5.74) is 0. The molecule has 1 amide bonds. The molecule has 0 unspecified atom stereocenters. The first kappa shape index (κ1) is 18.3. The van der Waals surface area contributed by atoms with Gasteiger partial charge in [0.2, 0.25) is 0 Å². The highest BCUT2D eigenvalue weighted by Crippen LogP contribution is 2.29. The first-order valence-electron chi connectivity index (χ1n) is 6.31. The molecule has 1 aliphatic rings. The van der Waals surface area contributed by atoms with Crippen molar-refractivity contribution in [2.75, 3.05) is 0 Å². The Morgan fingerprint density at radius 1 is 1.00 bits per heavy atom. The predicted molar refractivity (Wildman–Crippen MR) is 77.2 cm³/mol. The van der Waals surface area contributed by atoms with Crippen LogP contribution in [0, 0.1) is 0 Å². The van der Waals surface area contributed by atoms with E-state index in [0.717, 1.165) is 0 Å². The van der Waals surface area contributed by atoms with E-state index < -0.39 is 33.8 Å². The molecule has 0 aliphatic heterocycles. The molecule has 0 aromatic heterocycles. The summed E-state index contributed by atoms with van der Waals surface area (Å²) in [4.78, 5) is 33.8. The highest BCUT2D eigenvalue weighted by molar-refractivity contribution is 6.76. The van der Waals surface area contributed by atoms with E-state index in [2.05, 4.69) is 5.32 Å². The van der Waals surface area contributed by atoms with Crippen LogP contribution in [0.25, 0.3) is 0 Å². The fourth-order valence-electron chi connectivity index (χ4n) is 2.18. The van der Waals surface area contributed by atoms with Gasteiger partial charge in [0.05, 0.1) is 0 Å². The van der Waals surface area contributed by atoms with Crippen molar-refractivity contribution in [1.82, 2.24) is 5.32 Å². The minimum atomic E-state index is -2.05. The van der Waals surface area contributed by atoms with Crippen LogP contribution in [0.5, 0.6) is 0 Å². The molecule has 0 bridgehead atoms. The first-order chi connectivity index (χ1) is 9.59. The number of rotatable bonds is 3. The average molecular weight is 361 g/mol. The second kappa shape index (κ2) is 7.51. The lowest BCUT2D eigenvalue weighted by atomic mass is 9.90. The van der Waals surface area contributed by atoms with Crippen LogP contribution in [-0.2, 0) is 23.9 Å².